The monoisotopic (exact) mass is 310 g/mol. The molecule has 1 aliphatic heterocycles. The minimum atomic E-state index is 0.746. The molecule has 1 heterocycles. The van der Waals surface area contributed by atoms with Crippen LogP contribution in [0.2, 0.25) is 0 Å². The molecule has 0 saturated carbocycles. The smallest absolute Gasteiger partial charge is 0.199 e. The molecule has 0 aliphatic carbocycles. The third kappa shape index (κ3) is 1.56. The van der Waals surface area contributed by atoms with E-state index in [9.17, 15) is 0 Å². The molecule has 0 saturated heterocycles. The molecular formula is C12H7IO2. The fraction of sp³-hybridized carbons (Fsp3) is 0. The number of rotatable bonds is 0. The van der Waals surface area contributed by atoms with E-state index in [1.54, 1.807) is 6.26 Å². The molecule has 0 fully saturated rings. The summed E-state index contributed by atoms with van der Waals surface area (Å²) >= 11 is 2.09. The van der Waals surface area contributed by atoms with E-state index in [1.165, 1.54) is 0 Å². The van der Waals surface area contributed by atoms with E-state index in [-0.39, 0.29) is 0 Å². The van der Waals surface area contributed by atoms with Gasteiger partial charge in [-0.15, -0.1) is 0 Å². The average Bonchev–Trinajstić information content (AvgIpc) is 2.26. The van der Waals surface area contributed by atoms with E-state index >= 15 is 0 Å². The van der Waals surface area contributed by atoms with Crippen molar-refractivity contribution in [2.75, 3.05) is 0 Å². The van der Waals surface area contributed by atoms with Crippen molar-refractivity contribution in [1.82, 2.24) is 0 Å². The molecule has 0 N–H and O–H groups in total. The predicted molar refractivity (Wildman–Crippen MR) is 67.3 cm³/mol. The zero-order valence-electron chi connectivity index (χ0n) is 7.74. The van der Waals surface area contributed by atoms with Gasteiger partial charge in [-0.1, -0.05) is 24.3 Å². The van der Waals surface area contributed by atoms with Crippen LogP contribution >= 0.6 is 22.6 Å². The highest BCUT2D eigenvalue weighted by Crippen LogP contribution is 2.37. The number of ether oxygens (including phenoxy) is 2. The SMILES string of the molecule is IC1=COc2cc3ccccc3cc2O1. The van der Waals surface area contributed by atoms with Gasteiger partial charge in [0.05, 0.1) is 0 Å². The largest absolute Gasteiger partial charge is 0.457 e. The number of fused-ring (bicyclic) bond motifs is 2. The molecule has 1 aliphatic rings. The second kappa shape index (κ2) is 3.41. The molecule has 0 amide bonds. The minimum Gasteiger partial charge on any atom is -0.457 e. The van der Waals surface area contributed by atoms with Crippen LogP contribution in [-0.2, 0) is 0 Å². The molecular weight excluding hydrogens is 303 g/mol. The summed E-state index contributed by atoms with van der Waals surface area (Å²) in [6, 6.07) is 12.1. The lowest BCUT2D eigenvalue weighted by Crippen LogP contribution is -1.99. The van der Waals surface area contributed by atoms with Crippen molar-refractivity contribution in [3.8, 4) is 11.5 Å². The number of benzene rings is 2. The molecule has 2 aromatic carbocycles. The van der Waals surface area contributed by atoms with Crippen molar-refractivity contribution >= 4 is 33.4 Å². The first-order valence-electron chi connectivity index (χ1n) is 4.56. The molecule has 0 bridgehead atoms. The molecule has 0 spiro atoms. The Morgan fingerprint density at radius 1 is 0.933 bits per heavy atom. The molecule has 3 rings (SSSR count). The molecule has 0 atom stereocenters. The Kier molecular flexibility index (Phi) is 2.05. The van der Waals surface area contributed by atoms with Crippen LogP contribution in [0.5, 0.6) is 11.5 Å². The lowest BCUT2D eigenvalue weighted by atomic mass is 10.1. The normalized spacial score (nSPS) is 13.8. The third-order valence-electron chi connectivity index (χ3n) is 2.30. The highest BCUT2D eigenvalue weighted by molar-refractivity contribution is 14.1. The first-order chi connectivity index (χ1) is 7.33. The number of hydrogen-bond acceptors (Lipinski definition) is 2. The highest BCUT2D eigenvalue weighted by Gasteiger charge is 2.13. The van der Waals surface area contributed by atoms with Crippen LogP contribution in [0.4, 0.5) is 0 Å². The van der Waals surface area contributed by atoms with E-state index < -0.39 is 0 Å². The summed E-state index contributed by atoms with van der Waals surface area (Å²) < 4.78 is 11.8. The standard InChI is InChI=1S/C12H7IO2/c13-12-7-14-10-5-8-3-1-2-4-9(8)6-11(10)15-12/h1-7H. The molecule has 15 heavy (non-hydrogen) atoms. The van der Waals surface area contributed by atoms with E-state index in [4.69, 9.17) is 9.47 Å². The van der Waals surface area contributed by atoms with Crippen molar-refractivity contribution in [2.24, 2.45) is 0 Å². The van der Waals surface area contributed by atoms with Gasteiger partial charge in [0.1, 0.15) is 6.26 Å². The lowest BCUT2D eigenvalue weighted by Gasteiger charge is -2.15. The van der Waals surface area contributed by atoms with Gasteiger partial charge in [0.15, 0.2) is 15.3 Å². The predicted octanol–water partition coefficient (Wildman–Crippen LogP) is 3.84. The fourth-order valence-corrected chi connectivity index (χ4v) is 1.97. The van der Waals surface area contributed by atoms with Gasteiger partial charge in [-0.3, -0.25) is 0 Å². The van der Waals surface area contributed by atoms with E-state index in [0.29, 0.717) is 0 Å². The summed E-state index contributed by atoms with van der Waals surface area (Å²) in [6.45, 7) is 0. The lowest BCUT2D eigenvalue weighted by molar-refractivity contribution is 0.358. The van der Waals surface area contributed by atoms with Crippen LogP contribution < -0.4 is 9.47 Å². The maximum atomic E-state index is 5.56. The van der Waals surface area contributed by atoms with Crippen LogP contribution in [0.1, 0.15) is 0 Å². The Bertz CT molecular complexity index is 561. The Labute approximate surface area is 101 Å². The van der Waals surface area contributed by atoms with Gasteiger partial charge in [-0.25, -0.2) is 0 Å². The molecule has 3 heteroatoms. The molecule has 0 aromatic heterocycles. The van der Waals surface area contributed by atoms with Gasteiger partial charge in [-0.2, -0.15) is 0 Å². The summed E-state index contributed by atoms with van der Waals surface area (Å²) in [5.74, 6) is 1.55. The molecule has 74 valence electrons. The first kappa shape index (κ1) is 9.03. The van der Waals surface area contributed by atoms with Gasteiger partial charge in [0.25, 0.3) is 0 Å². The summed E-state index contributed by atoms with van der Waals surface area (Å²) in [7, 11) is 0. The average molecular weight is 310 g/mol. The zero-order valence-corrected chi connectivity index (χ0v) is 9.89. The summed E-state index contributed by atoms with van der Waals surface area (Å²) in [5.41, 5.74) is 0. The van der Waals surface area contributed by atoms with Crippen LogP contribution in [0.3, 0.4) is 0 Å². The van der Waals surface area contributed by atoms with Gasteiger partial charge in [0, 0.05) is 22.6 Å². The Morgan fingerprint density at radius 3 is 2.33 bits per heavy atom. The quantitative estimate of drug-likeness (QED) is 0.688. The van der Waals surface area contributed by atoms with Crippen LogP contribution in [0, 0.1) is 0 Å². The van der Waals surface area contributed by atoms with Crippen molar-refractivity contribution in [3.63, 3.8) is 0 Å². The number of halogens is 1. The van der Waals surface area contributed by atoms with E-state index in [0.717, 1.165) is 26.0 Å². The van der Waals surface area contributed by atoms with Gasteiger partial charge in [0.2, 0.25) is 0 Å². The Morgan fingerprint density at radius 2 is 1.60 bits per heavy atom. The van der Waals surface area contributed by atoms with Crippen LogP contribution in [0.15, 0.2) is 46.4 Å². The molecule has 2 aromatic rings. The minimum absolute atomic E-state index is 0.746. The van der Waals surface area contributed by atoms with E-state index in [2.05, 4.69) is 34.7 Å². The van der Waals surface area contributed by atoms with Gasteiger partial charge >= 0.3 is 0 Å². The maximum absolute atomic E-state index is 5.56. The highest BCUT2D eigenvalue weighted by atomic mass is 127. The van der Waals surface area contributed by atoms with E-state index in [1.807, 2.05) is 24.3 Å². The van der Waals surface area contributed by atoms with Gasteiger partial charge < -0.3 is 9.47 Å². The third-order valence-corrected chi connectivity index (χ3v) is 2.77. The zero-order chi connectivity index (χ0) is 10.3. The second-order valence-electron chi connectivity index (χ2n) is 3.29. The number of hydrogen-bond donors (Lipinski definition) is 0. The summed E-state index contributed by atoms with van der Waals surface area (Å²) in [4.78, 5) is 0. The Hall–Kier alpha value is -1.23. The summed E-state index contributed by atoms with van der Waals surface area (Å²) in [6.07, 6.45) is 1.61. The first-order valence-corrected chi connectivity index (χ1v) is 5.64. The molecule has 2 nitrogen and oxygen atoms in total. The summed E-state index contributed by atoms with van der Waals surface area (Å²) in [5, 5.41) is 2.32. The topological polar surface area (TPSA) is 18.5 Å². The van der Waals surface area contributed by atoms with Crippen molar-refractivity contribution in [1.29, 1.82) is 0 Å². The second-order valence-corrected chi connectivity index (χ2v) is 4.35. The van der Waals surface area contributed by atoms with Crippen molar-refractivity contribution in [2.45, 2.75) is 0 Å². The Balaban J connectivity index is 2.23. The molecule has 0 unspecified atom stereocenters. The maximum Gasteiger partial charge on any atom is 0.199 e. The fourth-order valence-electron chi connectivity index (χ4n) is 1.61. The van der Waals surface area contributed by atoms with Crippen LogP contribution in [0.25, 0.3) is 10.8 Å². The van der Waals surface area contributed by atoms with Crippen LogP contribution in [-0.4, -0.2) is 0 Å². The van der Waals surface area contributed by atoms with Gasteiger partial charge in [-0.05, 0) is 22.9 Å². The molecule has 0 radical (unpaired) electrons. The van der Waals surface area contributed by atoms with Crippen molar-refractivity contribution < 1.29 is 9.47 Å². The van der Waals surface area contributed by atoms with Crippen molar-refractivity contribution in [3.05, 3.63) is 46.4 Å².